The van der Waals surface area contributed by atoms with Crippen molar-refractivity contribution >= 4 is 11.6 Å². The average Bonchev–Trinajstić information content (AvgIpc) is 2.86. The number of hydrogen-bond acceptors (Lipinski definition) is 3. The molecule has 94 valence electrons. The molecular weight excluding hydrogens is 235 g/mol. The Bertz CT molecular complexity index is 500. The first kappa shape index (κ1) is 12.3. The van der Waals surface area contributed by atoms with Gasteiger partial charge in [-0.1, -0.05) is 29.4 Å². The van der Waals surface area contributed by atoms with Crippen molar-refractivity contribution in [1.82, 2.24) is 5.32 Å². The third-order valence-corrected chi connectivity index (χ3v) is 2.57. The molecule has 0 aromatic heterocycles. The molecule has 18 heavy (non-hydrogen) atoms. The Morgan fingerprint density at radius 3 is 3.11 bits per heavy atom. The van der Waals surface area contributed by atoms with Crippen LogP contribution in [0.15, 0.2) is 42.1 Å². The highest BCUT2D eigenvalue weighted by Gasteiger charge is 2.29. The highest BCUT2D eigenvalue weighted by Crippen LogP contribution is 2.18. The smallest absolute Gasteiger partial charge is 0.264 e. The number of nitrogens with zero attached hydrogens (tertiary/aromatic N) is 1. The second-order valence-corrected chi connectivity index (χ2v) is 3.85. The lowest BCUT2D eigenvalue weighted by Gasteiger charge is -2.07. The maximum absolute atomic E-state index is 13.5. The van der Waals surface area contributed by atoms with E-state index in [1.807, 2.05) is 0 Å². The second-order valence-electron chi connectivity index (χ2n) is 3.85. The van der Waals surface area contributed by atoms with Crippen LogP contribution in [-0.4, -0.2) is 24.3 Å². The molecular formula is C13H13FN2O2. The molecule has 1 heterocycles. The first-order chi connectivity index (χ1) is 8.72. The Kier molecular flexibility index (Phi) is 3.72. The fraction of sp³-hybridized carbons (Fsp3) is 0.231. The van der Waals surface area contributed by atoms with E-state index in [0.717, 1.165) is 0 Å². The molecule has 1 aromatic rings. The summed E-state index contributed by atoms with van der Waals surface area (Å²) in [5.41, 5.74) is 0.823. The lowest BCUT2D eigenvalue weighted by atomic mass is 10.0. The zero-order chi connectivity index (χ0) is 13.0. The van der Waals surface area contributed by atoms with Crippen molar-refractivity contribution in [2.45, 2.75) is 12.5 Å². The lowest BCUT2D eigenvalue weighted by Crippen LogP contribution is -2.34. The van der Waals surface area contributed by atoms with Crippen LogP contribution in [-0.2, 0) is 9.63 Å². The van der Waals surface area contributed by atoms with Gasteiger partial charge in [-0.15, -0.1) is 6.58 Å². The van der Waals surface area contributed by atoms with Crippen molar-refractivity contribution in [2.75, 3.05) is 6.54 Å². The monoisotopic (exact) mass is 248 g/mol. The van der Waals surface area contributed by atoms with Crippen LogP contribution in [0.2, 0.25) is 0 Å². The van der Waals surface area contributed by atoms with Gasteiger partial charge in [0.25, 0.3) is 5.91 Å². The van der Waals surface area contributed by atoms with Gasteiger partial charge in [-0.25, -0.2) is 4.39 Å². The van der Waals surface area contributed by atoms with Crippen molar-refractivity contribution < 1.29 is 14.0 Å². The van der Waals surface area contributed by atoms with Crippen molar-refractivity contribution in [3.05, 3.63) is 48.3 Å². The fourth-order valence-corrected chi connectivity index (χ4v) is 1.66. The minimum absolute atomic E-state index is 0.268. The summed E-state index contributed by atoms with van der Waals surface area (Å²) in [6, 6.07) is 6.28. The van der Waals surface area contributed by atoms with E-state index in [0.29, 0.717) is 17.8 Å². The van der Waals surface area contributed by atoms with Gasteiger partial charge in [-0.3, -0.25) is 4.79 Å². The molecule has 4 nitrogen and oxygen atoms in total. The van der Waals surface area contributed by atoms with Gasteiger partial charge in [0.05, 0.1) is 5.71 Å². The molecule has 0 spiro atoms. The first-order valence-corrected chi connectivity index (χ1v) is 5.58. The van der Waals surface area contributed by atoms with Crippen LogP contribution in [0.1, 0.15) is 12.0 Å². The molecule has 0 fully saturated rings. The number of oxime groups is 1. The third-order valence-electron chi connectivity index (χ3n) is 2.57. The van der Waals surface area contributed by atoms with Crippen molar-refractivity contribution in [1.29, 1.82) is 0 Å². The number of carbonyl (C=O) groups is 1. The van der Waals surface area contributed by atoms with E-state index in [4.69, 9.17) is 4.84 Å². The molecule has 0 unspecified atom stereocenters. The van der Waals surface area contributed by atoms with Gasteiger partial charge >= 0.3 is 0 Å². The first-order valence-electron chi connectivity index (χ1n) is 5.58. The number of rotatable bonds is 4. The van der Waals surface area contributed by atoms with Gasteiger partial charge < -0.3 is 10.2 Å². The molecule has 1 aromatic carbocycles. The topological polar surface area (TPSA) is 50.7 Å². The molecule has 1 atom stereocenters. The maximum atomic E-state index is 13.5. The highest BCUT2D eigenvalue weighted by atomic mass is 19.1. The Balaban J connectivity index is 2.02. The molecule has 0 aliphatic carbocycles. The molecule has 0 saturated carbocycles. The predicted octanol–water partition coefficient (Wildman–Crippen LogP) is 1.62. The Morgan fingerprint density at radius 2 is 2.39 bits per heavy atom. The van der Waals surface area contributed by atoms with Crippen molar-refractivity contribution in [3.63, 3.8) is 0 Å². The van der Waals surface area contributed by atoms with Gasteiger partial charge in [0, 0.05) is 18.5 Å². The van der Waals surface area contributed by atoms with E-state index in [2.05, 4.69) is 17.1 Å². The number of nitrogens with one attached hydrogen (secondary N) is 1. The molecule has 0 radical (unpaired) electrons. The van der Waals surface area contributed by atoms with E-state index >= 15 is 0 Å². The molecule has 2 rings (SSSR count). The summed E-state index contributed by atoms with van der Waals surface area (Å²) in [5.74, 6) is -0.642. The molecule has 0 saturated heterocycles. The molecule has 1 aliphatic heterocycles. The summed E-state index contributed by atoms with van der Waals surface area (Å²) in [4.78, 5) is 16.6. The standard InChI is InChI=1S/C13H13FN2O2/c1-2-7-15-13(17)12-8-11(16-18-12)9-5-3-4-6-10(9)14/h2-6,12H,1,7-8H2,(H,15,17)/t12-/m1/s1. The second kappa shape index (κ2) is 5.44. The Morgan fingerprint density at radius 1 is 1.61 bits per heavy atom. The van der Waals surface area contributed by atoms with E-state index in [1.54, 1.807) is 24.3 Å². The van der Waals surface area contributed by atoms with Crippen LogP contribution in [0, 0.1) is 5.82 Å². The van der Waals surface area contributed by atoms with Crippen LogP contribution >= 0.6 is 0 Å². The fourth-order valence-electron chi connectivity index (χ4n) is 1.66. The van der Waals surface area contributed by atoms with Crippen molar-refractivity contribution in [2.24, 2.45) is 5.16 Å². The zero-order valence-electron chi connectivity index (χ0n) is 9.73. The summed E-state index contributed by atoms with van der Waals surface area (Å²) in [6.45, 7) is 3.87. The van der Waals surface area contributed by atoms with Crippen LogP contribution in [0.3, 0.4) is 0 Å². The zero-order valence-corrected chi connectivity index (χ0v) is 9.73. The summed E-state index contributed by atoms with van der Waals surface area (Å²) < 4.78 is 13.5. The summed E-state index contributed by atoms with van der Waals surface area (Å²) in [5, 5.41) is 6.38. The van der Waals surface area contributed by atoms with E-state index in [1.165, 1.54) is 6.07 Å². The van der Waals surface area contributed by atoms with Gasteiger partial charge in [0.1, 0.15) is 5.82 Å². The van der Waals surface area contributed by atoms with Crippen LogP contribution in [0.4, 0.5) is 4.39 Å². The molecule has 5 heteroatoms. The average molecular weight is 248 g/mol. The van der Waals surface area contributed by atoms with E-state index in [-0.39, 0.29) is 18.1 Å². The SMILES string of the molecule is C=CCNC(=O)[C@H]1CC(c2ccccc2F)=NO1. The van der Waals surface area contributed by atoms with E-state index in [9.17, 15) is 9.18 Å². The molecule has 1 aliphatic rings. The largest absolute Gasteiger partial charge is 0.382 e. The molecule has 1 N–H and O–H groups in total. The minimum Gasteiger partial charge on any atom is -0.382 e. The van der Waals surface area contributed by atoms with Crippen molar-refractivity contribution in [3.8, 4) is 0 Å². The number of carbonyl (C=O) groups excluding carboxylic acids is 1. The molecule has 0 bridgehead atoms. The van der Waals surface area contributed by atoms with E-state index < -0.39 is 6.10 Å². The maximum Gasteiger partial charge on any atom is 0.264 e. The minimum atomic E-state index is -0.695. The summed E-state index contributed by atoms with van der Waals surface area (Å²) in [6.07, 6.45) is 1.15. The van der Waals surface area contributed by atoms with Crippen LogP contribution in [0.5, 0.6) is 0 Å². The van der Waals surface area contributed by atoms with Gasteiger partial charge in [0.15, 0.2) is 0 Å². The highest BCUT2D eigenvalue weighted by molar-refractivity contribution is 6.04. The number of hydrogen-bond donors (Lipinski definition) is 1. The van der Waals surface area contributed by atoms with Crippen LogP contribution < -0.4 is 5.32 Å². The summed E-state index contributed by atoms with van der Waals surface area (Å²) in [7, 11) is 0. The predicted molar refractivity (Wildman–Crippen MR) is 65.6 cm³/mol. The number of benzene rings is 1. The number of amides is 1. The third kappa shape index (κ3) is 2.56. The van der Waals surface area contributed by atoms with Gasteiger partial charge in [-0.2, -0.15) is 0 Å². The van der Waals surface area contributed by atoms with Gasteiger partial charge in [0.2, 0.25) is 6.10 Å². The number of halogens is 1. The Hall–Kier alpha value is -2.17. The Labute approximate surface area is 104 Å². The van der Waals surface area contributed by atoms with Gasteiger partial charge in [-0.05, 0) is 6.07 Å². The normalized spacial score (nSPS) is 17.8. The quantitative estimate of drug-likeness (QED) is 0.823. The summed E-state index contributed by atoms with van der Waals surface area (Å²) >= 11 is 0. The molecule has 1 amide bonds. The lowest BCUT2D eigenvalue weighted by molar-refractivity contribution is -0.130. The van der Waals surface area contributed by atoms with Crippen LogP contribution in [0.25, 0.3) is 0 Å².